The van der Waals surface area contributed by atoms with E-state index < -0.39 is 10.0 Å². The van der Waals surface area contributed by atoms with Crippen molar-refractivity contribution in [1.82, 2.24) is 20.2 Å². The molecule has 21 heavy (non-hydrogen) atoms. The Morgan fingerprint density at radius 1 is 1.43 bits per heavy atom. The Morgan fingerprint density at radius 2 is 2.14 bits per heavy atom. The Morgan fingerprint density at radius 3 is 2.76 bits per heavy atom. The molecule has 0 bridgehead atoms. The third kappa shape index (κ3) is 3.84. The highest BCUT2D eigenvalue weighted by Crippen LogP contribution is 2.35. The lowest BCUT2D eigenvalue weighted by Crippen LogP contribution is -2.41. The van der Waals surface area contributed by atoms with E-state index in [0.717, 1.165) is 31.4 Å². The van der Waals surface area contributed by atoms with Crippen molar-refractivity contribution < 1.29 is 8.42 Å². The van der Waals surface area contributed by atoms with Crippen LogP contribution in [0.1, 0.15) is 50.8 Å². The summed E-state index contributed by atoms with van der Waals surface area (Å²) in [6, 6.07) is -0.00167. The highest BCUT2D eigenvalue weighted by atomic mass is 32.2. The highest BCUT2D eigenvalue weighted by Gasteiger charge is 2.32. The molecule has 0 saturated heterocycles. The lowest BCUT2D eigenvalue weighted by Gasteiger charge is -2.35. The van der Waals surface area contributed by atoms with E-state index in [4.69, 9.17) is 0 Å². The van der Waals surface area contributed by atoms with Gasteiger partial charge in [0.25, 0.3) is 10.0 Å². The third-order valence-corrected chi connectivity index (χ3v) is 5.66. The molecule has 1 aliphatic carbocycles. The Labute approximate surface area is 127 Å². The summed E-state index contributed by atoms with van der Waals surface area (Å²) >= 11 is 0. The van der Waals surface area contributed by atoms with Crippen molar-refractivity contribution >= 4 is 10.0 Å². The van der Waals surface area contributed by atoms with Gasteiger partial charge in [-0.15, -0.1) is 0 Å². The largest absolute Gasteiger partial charge is 0.316 e. The number of hydrogen-bond donors (Lipinski definition) is 3. The normalized spacial score (nSPS) is 22.4. The van der Waals surface area contributed by atoms with E-state index in [-0.39, 0.29) is 16.5 Å². The second-order valence-electron chi connectivity index (χ2n) is 6.74. The van der Waals surface area contributed by atoms with Crippen molar-refractivity contribution in [3.8, 4) is 0 Å². The molecule has 3 N–H and O–H groups in total. The Bertz CT molecular complexity index is 592. The predicted molar refractivity (Wildman–Crippen MR) is 82.4 cm³/mol. The number of rotatable bonds is 5. The minimum Gasteiger partial charge on any atom is -0.316 e. The zero-order chi connectivity index (χ0) is 15.7. The van der Waals surface area contributed by atoms with Gasteiger partial charge < -0.3 is 5.32 Å². The molecule has 0 aliphatic heterocycles. The van der Waals surface area contributed by atoms with Gasteiger partial charge in [0.1, 0.15) is 0 Å². The van der Waals surface area contributed by atoms with Crippen LogP contribution in [-0.2, 0) is 16.6 Å². The molecule has 7 heteroatoms. The fourth-order valence-corrected chi connectivity index (χ4v) is 4.58. The molecule has 0 amide bonds. The SMILES string of the molecule is CNCc1c(S(=O)(=O)NC2CCCC(C)(C)C2)n[nH]c1C. The van der Waals surface area contributed by atoms with E-state index in [0.29, 0.717) is 12.1 Å². The average molecular weight is 314 g/mol. The van der Waals surface area contributed by atoms with Crippen LogP contribution in [-0.4, -0.2) is 31.7 Å². The van der Waals surface area contributed by atoms with Crippen molar-refractivity contribution in [2.45, 2.75) is 64.1 Å². The molecule has 1 atom stereocenters. The van der Waals surface area contributed by atoms with Crippen LogP contribution in [0.25, 0.3) is 0 Å². The van der Waals surface area contributed by atoms with Crippen LogP contribution in [0.15, 0.2) is 5.03 Å². The summed E-state index contributed by atoms with van der Waals surface area (Å²) in [5.41, 5.74) is 1.69. The topological polar surface area (TPSA) is 86.9 Å². The fraction of sp³-hybridized carbons (Fsp3) is 0.786. The van der Waals surface area contributed by atoms with E-state index in [1.54, 1.807) is 7.05 Å². The van der Waals surface area contributed by atoms with Crippen molar-refractivity contribution in [3.63, 3.8) is 0 Å². The minimum atomic E-state index is -3.57. The Hall–Kier alpha value is -0.920. The zero-order valence-electron chi connectivity index (χ0n) is 13.3. The summed E-state index contributed by atoms with van der Waals surface area (Å²) in [6.07, 6.45) is 3.98. The van der Waals surface area contributed by atoms with Gasteiger partial charge in [-0.2, -0.15) is 5.10 Å². The van der Waals surface area contributed by atoms with E-state index in [2.05, 4.69) is 34.1 Å². The number of nitrogens with zero attached hydrogens (tertiary/aromatic N) is 1. The lowest BCUT2D eigenvalue weighted by atomic mass is 9.75. The van der Waals surface area contributed by atoms with Gasteiger partial charge in [0.2, 0.25) is 0 Å². The van der Waals surface area contributed by atoms with Gasteiger partial charge in [-0.05, 0) is 38.6 Å². The maximum atomic E-state index is 12.6. The maximum absolute atomic E-state index is 12.6. The van der Waals surface area contributed by atoms with E-state index >= 15 is 0 Å². The average Bonchev–Trinajstić information content (AvgIpc) is 2.70. The second-order valence-corrected chi connectivity index (χ2v) is 8.37. The van der Waals surface area contributed by atoms with Crippen LogP contribution in [0.5, 0.6) is 0 Å². The quantitative estimate of drug-likeness (QED) is 0.772. The number of sulfonamides is 1. The van der Waals surface area contributed by atoms with Gasteiger partial charge in [-0.25, -0.2) is 13.1 Å². The number of aryl methyl sites for hydroxylation is 1. The number of nitrogens with one attached hydrogen (secondary N) is 3. The lowest BCUT2D eigenvalue weighted by molar-refractivity contribution is 0.212. The van der Waals surface area contributed by atoms with Crippen molar-refractivity contribution in [3.05, 3.63) is 11.3 Å². The molecule has 0 radical (unpaired) electrons. The molecule has 1 unspecified atom stereocenters. The van der Waals surface area contributed by atoms with Crippen LogP contribution in [0, 0.1) is 12.3 Å². The van der Waals surface area contributed by atoms with Crippen LogP contribution in [0.3, 0.4) is 0 Å². The van der Waals surface area contributed by atoms with E-state index in [1.807, 2.05) is 6.92 Å². The molecule has 1 aliphatic rings. The van der Waals surface area contributed by atoms with Crippen LogP contribution < -0.4 is 10.0 Å². The molecule has 0 spiro atoms. The van der Waals surface area contributed by atoms with Gasteiger partial charge in [0, 0.05) is 23.8 Å². The molecule has 1 fully saturated rings. The van der Waals surface area contributed by atoms with Crippen LogP contribution in [0.4, 0.5) is 0 Å². The first-order valence-electron chi connectivity index (χ1n) is 7.46. The first-order valence-corrected chi connectivity index (χ1v) is 8.94. The molecular weight excluding hydrogens is 288 g/mol. The molecule has 2 rings (SSSR count). The molecular formula is C14H26N4O2S. The molecule has 0 aromatic carbocycles. The van der Waals surface area contributed by atoms with Crippen molar-refractivity contribution in [2.24, 2.45) is 5.41 Å². The first kappa shape index (κ1) is 16.5. The van der Waals surface area contributed by atoms with Gasteiger partial charge >= 0.3 is 0 Å². The summed E-state index contributed by atoms with van der Waals surface area (Å²) < 4.78 is 28.0. The molecule has 1 aromatic heterocycles. The van der Waals surface area contributed by atoms with E-state index in [1.165, 1.54) is 0 Å². The first-order chi connectivity index (χ1) is 9.75. The maximum Gasteiger partial charge on any atom is 0.260 e. The molecule has 1 saturated carbocycles. The van der Waals surface area contributed by atoms with Gasteiger partial charge in [0.15, 0.2) is 5.03 Å². The van der Waals surface area contributed by atoms with Crippen LogP contribution in [0.2, 0.25) is 0 Å². The zero-order valence-corrected chi connectivity index (χ0v) is 14.1. The van der Waals surface area contributed by atoms with Gasteiger partial charge in [0.05, 0.1) is 0 Å². The molecule has 6 nitrogen and oxygen atoms in total. The number of hydrogen-bond acceptors (Lipinski definition) is 4. The monoisotopic (exact) mass is 314 g/mol. The number of aromatic amines is 1. The molecule has 120 valence electrons. The number of H-pyrrole nitrogens is 1. The summed E-state index contributed by atoms with van der Waals surface area (Å²) in [6.45, 7) is 6.70. The summed E-state index contributed by atoms with van der Waals surface area (Å²) in [7, 11) is -1.78. The minimum absolute atomic E-state index is 0.00167. The second kappa shape index (κ2) is 6.06. The molecule has 1 aromatic rings. The third-order valence-electron chi connectivity index (χ3n) is 4.17. The van der Waals surface area contributed by atoms with Crippen LogP contribution >= 0.6 is 0 Å². The number of aromatic nitrogens is 2. The molecule has 1 heterocycles. The predicted octanol–water partition coefficient (Wildman–Crippen LogP) is 1.68. The highest BCUT2D eigenvalue weighted by molar-refractivity contribution is 7.89. The summed E-state index contributed by atoms with van der Waals surface area (Å²) in [5, 5.41) is 9.88. The fourth-order valence-electron chi connectivity index (χ4n) is 3.11. The smallest absolute Gasteiger partial charge is 0.260 e. The Kier molecular flexibility index (Phi) is 4.75. The van der Waals surface area contributed by atoms with Crippen molar-refractivity contribution in [2.75, 3.05) is 7.05 Å². The Balaban J connectivity index is 2.19. The van der Waals surface area contributed by atoms with E-state index in [9.17, 15) is 8.42 Å². The summed E-state index contributed by atoms with van der Waals surface area (Å²) in [4.78, 5) is 0. The van der Waals surface area contributed by atoms with Crippen molar-refractivity contribution in [1.29, 1.82) is 0 Å². The summed E-state index contributed by atoms with van der Waals surface area (Å²) in [5.74, 6) is 0. The van der Waals surface area contributed by atoms with Gasteiger partial charge in [-0.3, -0.25) is 5.10 Å². The van der Waals surface area contributed by atoms with Gasteiger partial charge in [-0.1, -0.05) is 20.3 Å². The standard InChI is InChI=1S/C14H26N4O2S/c1-10-12(9-15-4)13(17-16-10)21(19,20)18-11-6-5-7-14(2,3)8-11/h11,15,18H,5-9H2,1-4H3,(H,16,17).